The topological polar surface area (TPSA) is 57.4 Å². The third kappa shape index (κ3) is 1.32. The van der Waals surface area contributed by atoms with Crippen molar-refractivity contribution in [1.29, 1.82) is 0 Å². The summed E-state index contributed by atoms with van der Waals surface area (Å²) in [6.07, 6.45) is 0. The monoisotopic (exact) mass is 204 g/mol. The minimum atomic E-state index is 0.266. The van der Waals surface area contributed by atoms with Gasteiger partial charge in [-0.05, 0) is 18.2 Å². The van der Waals surface area contributed by atoms with Crippen LogP contribution < -0.4 is 9.47 Å². The Bertz CT molecular complexity index is 507. The molecule has 0 amide bonds. The summed E-state index contributed by atoms with van der Waals surface area (Å²) in [5.41, 5.74) is 0.833. The SMILES string of the molecule is Cc1nnc(-c2ccc3c(c2)OCO3)o1. The molecule has 1 aliphatic heterocycles. The van der Waals surface area contributed by atoms with Crippen LogP contribution in [0.5, 0.6) is 11.5 Å². The summed E-state index contributed by atoms with van der Waals surface area (Å²) in [7, 11) is 0. The van der Waals surface area contributed by atoms with Gasteiger partial charge in [0.1, 0.15) is 0 Å². The maximum atomic E-state index is 5.31. The Hall–Kier alpha value is -2.04. The molecule has 5 nitrogen and oxygen atoms in total. The van der Waals surface area contributed by atoms with Gasteiger partial charge in [0.2, 0.25) is 18.6 Å². The summed E-state index contributed by atoms with van der Waals surface area (Å²) in [5.74, 6) is 2.49. The second-order valence-electron chi connectivity index (χ2n) is 3.19. The van der Waals surface area contributed by atoms with Gasteiger partial charge in [-0.3, -0.25) is 0 Å². The number of hydrogen-bond acceptors (Lipinski definition) is 5. The molecule has 0 radical (unpaired) electrons. The lowest BCUT2D eigenvalue weighted by atomic mass is 10.2. The largest absolute Gasteiger partial charge is 0.454 e. The van der Waals surface area contributed by atoms with E-state index in [9.17, 15) is 0 Å². The van der Waals surface area contributed by atoms with Crippen LogP contribution in [0, 0.1) is 6.92 Å². The van der Waals surface area contributed by atoms with Gasteiger partial charge in [0.15, 0.2) is 11.5 Å². The van der Waals surface area contributed by atoms with Crippen molar-refractivity contribution in [1.82, 2.24) is 10.2 Å². The minimum Gasteiger partial charge on any atom is -0.454 e. The van der Waals surface area contributed by atoms with E-state index in [1.807, 2.05) is 18.2 Å². The highest BCUT2D eigenvalue weighted by atomic mass is 16.7. The Morgan fingerprint density at radius 2 is 2.00 bits per heavy atom. The fourth-order valence-electron chi connectivity index (χ4n) is 1.44. The zero-order valence-electron chi connectivity index (χ0n) is 8.06. The van der Waals surface area contributed by atoms with Crippen molar-refractivity contribution in [3.8, 4) is 23.0 Å². The van der Waals surface area contributed by atoms with E-state index < -0.39 is 0 Å². The molecule has 0 bridgehead atoms. The molecule has 76 valence electrons. The van der Waals surface area contributed by atoms with Gasteiger partial charge in [0, 0.05) is 12.5 Å². The van der Waals surface area contributed by atoms with Crippen molar-refractivity contribution in [2.24, 2.45) is 0 Å². The fraction of sp³-hybridized carbons (Fsp3) is 0.200. The average Bonchev–Trinajstić information content (AvgIpc) is 2.84. The molecule has 1 aromatic carbocycles. The Balaban J connectivity index is 2.06. The molecule has 5 heteroatoms. The number of ether oxygens (including phenoxy) is 2. The number of hydrogen-bond donors (Lipinski definition) is 0. The van der Waals surface area contributed by atoms with Gasteiger partial charge in [0.25, 0.3) is 0 Å². The lowest BCUT2D eigenvalue weighted by molar-refractivity contribution is 0.174. The van der Waals surface area contributed by atoms with E-state index in [0.29, 0.717) is 17.5 Å². The van der Waals surface area contributed by atoms with Crippen molar-refractivity contribution < 1.29 is 13.9 Å². The summed E-state index contributed by atoms with van der Waals surface area (Å²) in [6, 6.07) is 5.52. The van der Waals surface area contributed by atoms with Crippen LogP contribution in [0.3, 0.4) is 0 Å². The Morgan fingerprint density at radius 3 is 2.80 bits per heavy atom. The number of benzene rings is 1. The molecule has 0 saturated heterocycles. The van der Waals surface area contributed by atoms with E-state index >= 15 is 0 Å². The summed E-state index contributed by atoms with van der Waals surface area (Å²) in [4.78, 5) is 0. The molecule has 0 aliphatic carbocycles. The van der Waals surface area contributed by atoms with Crippen LogP contribution in [-0.4, -0.2) is 17.0 Å². The van der Waals surface area contributed by atoms with Crippen LogP contribution in [0.25, 0.3) is 11.5 Å². The van der Waals surface area contributed by atoms with Gasteiger partial charge >= 0.3 is 0 Å². The smallest absolute Gasteiger partial charge is 0.247 e. The van der Waals surface area contributed by atoms with Crippen molar-refractivity contribution in [3.63, 3.8) is 0 Å². The molecule has 0 spiro atoms. The van der Waals surface area contributed by atoms with Gasteiger partial charge < -0.3 is 13.9 Å². The number of fused-ring (bicyclic) bond motifs is 1. The predicted octanol–water partition coefficient (Wildman–Crippen LogP) is 1.77. The van der Waals surface area contributed by atoms with Crippen molar-refractivity contribution in [3.05, 3.63) is 24.1 Å². The number of nitrogens with zero attached hydrogens (tertiary/aromatic N) is 2. The third-order valence-electron chi connectivity index (χ3n) is 2.15. The lowest BCUT2D eigenvalue weighted by Gasteiger charge is -1.97. The normalized spacial score (nSPS) is 13.1. The highest BCUT2D eigenvalue weighted by Gasteiger charge is 2.15. The summed E-state index contributed by atoms with van der Waals surface area (Å²) in [5, 5.41) is 7.70. The molecular formula is C10H8N2O3. The maximum absolute atomic E-state index is 5.31. The van der Waals surface area contributed by atoms with Crippen molar-refractivity contribution >= 4 is 0 Å². The van der Waals surface area contributed by atoms with Gasteiger partial charge in [-0.2, -0.15) is 0 Å². The Labute approximate surface area is 85.6 Å². The highest BCUT2D eigenvalue weighted by molar-refractivity contribution is 5.60. The van der Waals surface area contributed by atoms with Gasteiger partial charge in [-0.1, -0.05) is 0 Å². The standard InChI is InChI=1S/C10H8N2O3/c1-6-11-12-10(15-6)7-2-3-8-9(4-7)14-5-13-8/h2-4H,5H2,1H3. The first-order valence-corrected chi connectivity index (χ1v) is 4.53. The molecule has 1 aliphatic rings. The summed E-state index contributed by atoms with van der Waals surface area (Å²) < 4.78 is 15.8. The van der Waals surface area contributed by atoms with Gasteiger partial charge in [0.05, 0.1) is 0 Å². The molecule has 2 heterocycles. The number of rotatable bonds is 1. The first kappa shape index (κ1) is 8.28. The summed E-state index contributed by atoms with van der Waals surface area (Å²) >= 11 is 0. The minimum absolute atomic E-state index is 0.266. The van der Waals surface area contributed by atoms with Crippen LogP contribution in [0.2, 0.25) is 0 Å². The van der Waals surface area contributed by atoms with E-state index in [1.165, 1.54) is 0 Å². The van der Waals surface area contributed by atoms with Gasteiger partial charge in [-0.25, -0.2) is 0 Å². The van der Waals surface area contributed by atoms with E-state index in [0.717, 1.165) is 11.3 Å². The molecule has 15 heavy (non-hydrogen) atoms. The first-order chi connectivity index (χ1) is 7.33. The third-order valence-corrected chi connectivity index (χ3v) is 2.15. The van der Waals surface area contributed by atoms with Crippen LogP contribution in [-0.2, 0) is 0 Å². The van der Waals surface area contributed by atoms with Crippen LogP contribution in [0.1, 0.15) is 5.89 Å². The van der Waals surface area contributed by atoms with E-state index in [2.05, 4.69) is 10.2 Å². The molecule has 3 rings (SSSR count). The fourth-order valence-corrected chi connectivity index (χ4v) is 1.44. The first-order valence-electron chi connectivity index (χ1n) is 4.53. The Morgan fingerprint density at radius 1 is 1.13 bits per heavy atom. The number of aryl methyl sites for hydroxylation is 1. The molecule has 0 fully saturated rings. The highest BCUT2D eigenvalue weighted by Crippen LogP contribution is 2.35. The van der Waals surface area contributed by atoms with E-state index in [-0.39, 0.29) is 6.79 Å². The van der Waals surface area contributed by atoms with E-state index in [1.54, 1.807) is 6.92 Å². The van der Waals surface area contributed by atoms with Crippen molar-refractivity contribution in [2.45, 2.75) is 6.92 Å². The molecule has 2 aromatic rings. The second-order valence-corrected chi connectivity index (χ2v) is 3.19. The molecule has 0 N–H and O–H groups in total. The second kappa shape index (κ2) is 2.98. The molecule has 0 saturated carbocycles. The van der Waals surface area contributed by atoms with Crippen LogP contribution >= 0.6 is 0 Å². The van der Waals surface area contributed by atoms with Gasteiger partial charge in [-0.15, -0.1) is 10.2 Å². The predicted molar refractivity (Wildman–Crippen MR) is 50.6 cm³/mol. The summed E-state index contributed by atoms with van der Waals surface area (Å²) in [6.45, 7) is 2.02. The average molecular weight is 204 g/mol. The molecular weight excluding hydrogens is 196 g/mol. The quantitative estimate of drug-likeness (QED) is 0.708. The zero-order chi connectivity index (χ0) is 10.3. The van der Waals surface area contributed by atoms with Crippen molar-refractivity contribution in [2.75, 3.05) is 6.79 Å². The Kier molecular flexibility index (Phi) is 1.65. The molecule has 1 aromatic heterocycles. The number of aromatic nitrogens is 2. The molecule has 0 unspecified atom stereocenters. The zero-order valence-corrected chi connectivity index (χ0v) is 8.06. The lowest BCUT2D eigenvalue weighted by Crippen LogP contribution is -1.92. The van der Waals surface area contributed by atoms with Crippen LogP contribution in [0.4, 0.5) is 0 Å². The maximum Gasteiger partial charge on any atom is 0.247 e. The van der Waals surface area contributed by atoms with Crippen LogP contribution in [0.15, 0.2) is 22.6 Å². The van der Waals surface area contributed by atoms with E-state index in [4.69, 9.17) is 13.9 Å². The molecule has 0 atom stereocenters.